The monoisotopic (exact) mass is 293 g/mol. The molecule has 0 saturated carbocycles. The topological polar surface area (TPSA) is 60.8 Å². The fraction of sp³-hybridized carbons (Fsp3) is 0.857. The molecule has 0 aromatic carbocycles. The molecular formula is C7H17ClNO3PS2. The summed E-state index contributed by atoms with van der Waals surface area (Å²) in [5.41, 5.74) is 0. The number of alkyl halides is 1. The van der Waals surface area contributed by atoms with Gasteiger partial charge in [-0.05, 0) is 20.8 Å². The van der Waals surface area contributed by atoms with Gasteiger partial charge in [0.25, 0.3) is 0 Å². The Bertz CT molecular complexity index is 230. The number of halogens is 1. The van der Waals surface area contributed by atoms with E-state index in [1.165, 1.54) is 6.92 Å². The molecule has 15 heavy (non-hydrogen) atoms. The van der Waals surface area contributed by atoms with Crippen LogP contribution in [0.3, 0.4) is 0 Å². The molecule has 0 bridgehead atoms. The van der Waals surface area contributed by atoms with Crippen molar-refractivity contribution in [1.82, 2.24) is 4.90 Å². The summed E-state index contributed by atoms with van der Waals surface area (Å²) in [5.74, 6) is 0. The Hall–Kier alpha value is 0.680. The van der Waals surface area contributed by atoms with Crippen LogP contribution >= 0.6 is 44.0 Å². The van der Waals surface area contributed by atoms with Gasteiger partial charge in [-0.3, -0.25) is 4.57 Å². The summed E-state index contributed by atoms with van der Waals surface area (Å²) in [6, 6.07) is 0. The lowest BCUT2D eigenvalue weighted by Crippen LogP contribution is -2.24. The number of thiol groups is 1. The Morgan fingerprint density at radius 1 is 1.53 bits per heavy atom. The van der Waals surface area contributed by atoms with E-state index in [4.69, 9.17) is 33.6 Å². The third kappa shape index (κ3) is 11.0. The van der Waals surface area contributed by atoms with Gasteiger partial charge in [0.1, 0.15) is 9.44 Å². The Kier molecular flexibility index (Phi) is 10.6. The van der Waals surface area contributed by atoms with Crippen molar-refractivity contribution in [3.8, 4) is 0 Å². The van der Waals surface area contributed by atoms with E-state index in [-0.39, 0.29) is 0 Å². The van der Waals surface area contributed by atoms with E-state index in [2.05, 4.69) is 26.5 Å². The fourth-order valence-electron chi connectivity index (χ4n) is 0.494. The molecule has 0 heterocycles. The maximum Gasteiger partial charge on any atom is 0.342 e. The van der Waals surface area contributed by atoms with Crippen molar-refractivity contribution in [1.29, 1.82) is 0 Å². The first-order chi connectivity index (χ1) is 6.66. The second kappa shape index (κ2) is 8.79. The van der Waals surface area contributed by atoms with Crippen molar-refractivity contribution >= 4 is 48.4 Å². The predicted octanol–water partition coefficient (Wildman–Crippen LogP) is 2.29. The van der Waals surface area contributed by atoms with Gasteiger partial charge < -0.3 is 14.7 Å². The lowest BCUT2D eigenvalue weighted by molar-refractivity contribution is 0.371. The van der Waals surface area contributed by atoms with Crippen LogP contribution in [0.15, 0.2) is 0 Å². The first-order valence-electron chi connectivity index (χ1n) is 4.33. The highest BCUT2D eigenvalue weighted by Crippen LogP contribution is 2.42. The van der Waals surface area contributed by atoms with Gasteiger partial charge in [-0.25, -0.2) is 0 Å². The highest BCUT2D eigenvalue weighted by Gasteiger charge is 2.19. The average molecular weight is 294 g/mol. The van der Waals surface area contributed by atoms with E-state index >= 15 is 0 Å². The molecule has 0 saturated heterocycles. The third-order valence-corrected chi connectivity index (χ3v) is 3.73. The molecule has 4 nitrogen and oxygen atoms in total. The molecule has 8 heteroatoms. The van der Waals surface area contributed by atoms with Crippen LogP contribution in [0.2, 0.25) is 0 Å². The van der Waals surface area contributed by atoms with Crippen molar-refractivity contribution in [2.75, 3.05) is 13.1 Å². The van der Waals surface area contributed by atoms with Crippen LogP contribution in [0, 0.1) is 0 Å². The smallest absolute Gasteiger partial charge is 0.342 e. The van der Waals surface area contributed by atoms with Gasteiger partial charge in [-0.1, -0.05) is 12.2 Å². The minimum absolute atomic E-state index is 0.690. The van der Waals surface area contributed by atoms with Crippen LogP contribution in [-0.4, -0.2) is 37.2 Å². The molecule has 1 atom stereocenters. The summed E-state index contributed by atoms with van der Waals surface area (Å²) in [7, 11) is -3.97. The van der Waals surface area contributed by atoms with Gasteiger partial charge in [0.05, 0.1) is 0 Å². The summed E-state index contributed by atoms with van der Waals surface area (Å²) < 4.78 is 10.6. The van der Waals surface area contributed by atoms with Crippen molar-refractivity contribution in [3.63, 3.8) is 0 Å². The van der Waals surface area contributed by atoms with E-state index in [0.29, 0.717) is 4.32 Å². The van der Waals surface area contributed by atoms with Crippen LogP contribution in [0.25, 0.3) is 0 Å². The number of thiocarbonyl (C=S) groups is 1. The maximum absolute atomic E-state index is 9.89. The zero-order valence-corrected chi connectivity index (χ0v) is 12.3. The normalized spacial score (nSPS) is 12.5. The molecule has 1 unspecified atom stereocenters. The minimum Gasteiger partial charge on any atom is -0.358 e. The van der Waals surface area contributed by atoms with Gasteiger partial charge in [0.2, 0.25) is 0 Å². The second-order valence-electron chi connectivity index (χ2n) is 2.62. The Morgan fingerprint density at radius 2 is 1.80 bits per heavy atom. The Labute approximate surface area is 107 Å². The third-order valence-electron chi connectivity index (χ3n) is 1.50. The van der Waals surface area contributed by atoms with Crippen LogP contribution < -0.4 is 0 Å². The van der Waals surface area contributed by atoms with Gasteiger partial charge in [-0.15, -0.1) is 24.2 Å². The number of hydrogen-bond donors (Lipinski definition) is 3. The molecule has 92 valence electrons. The van der Waals surface area contributed by atoms with E-state index in [9.17, 15) is 4.57 Å². The first-order valence-corrected chi connectivity index (χ1v) is 7.31. The molecule has 0 aliphatic rings. The molecule has 0 aromatic heterocycles. The zero-order chi connectivity index (χ0) is 12.6. The summed E-state index contributed by atoms with van der Waals surface area (Å²) in [5, 5.41) is -1.06. The molecule has 0 rings (SSSR count). The van der Waals surface area contributed by atoms with Gasteiger partial charge in [-0.2, -0.15) is 0 Å². The summed E-state index contributed by atoms with van der Waals surface area (Å²) >= 11 is 13.8. The molecule has 0 aliphatic heterocycles. The van der Waals surface area contributed by atoms with E-state index in [0.717, 1.165) is 13.1 Å². The lowest BCUT2D eigenvalue weighted by atomic mass is 10.6. The van der Waals surface area contributed by atoms with Crippen molar-refractivity contribution in [2.24, 2.45) is 0 Å². The molecule has 0 amide bonds. The van der Waals surface area contributed by atoms with Gasteiger partial charge >= 0.3 is 7.60 Å². The summed E-state index contributed by atoms with van der Waals surface area (Å²) in [4.78, 5) is 18.2. The van der Waals surface area contributed by atoms with Gasteiger partial charge in [0.15, 0.2) is 0 Å². The number of nitrogens with zero attached hydrogens (tertiary/aromatic N) is 1. The average Bonchev–Trinajstić information content (AvgIpc) is 2.04. The minimum atomic E-state index is -3.97. The van der Waals surface area contributed by atoms with E-state index < -0.39 is 12.7 Å². The molecule has 0 radical (unpaired) electrons. The predicted molar refractivity (Wildman–Crippen MR) is 71.9 cm³/mol. The lowest BCUT2D eigenvalue weighted by Gasteiger charge is -2.16. The van der Waals surface area contributed by atoms with Crippen LogP contribution in [0.4, 0.5) is 0 Å². The molecule has 2 N–H and O–H groups in total. The fourth-order valence-corrected chi connectivity index (χ4v) is 1.04. The van der Waals surface area contributed by atoms with Crippen LogP contribution in [0.5, 0.6) is 0 Å². The second-order valence-corrected chi connectivity index (χ2v) is 6.64. The number of rotatable bonds is 3. The van der Waals surface area contributed by atoms with E-state index in [1.54, 1.807) is 0 Å². The Balaban J connectivity index is 0. The quantitative estimate of drug-likeness (QED) is 0.323. The summed E-state index contributed by atoms with van der Waals surface area (Å²) in [6.07, 6.45) is 0. The SMILES string of the molecule is CC(Cl)P(=O)(O)O.CCN(CC)C(=S)S. The largest absolute Gasteiger partial charge is 0.358 e. The molecule has 0 aromatic rings. The van der Waals surface area contributed by atoms with Crippen molar-refractivity contribution < 1.29 is 14.4 Å². The van der Waals surface area contributed by atoms with Crippen LogP contribution in [-0.2, 0) is 4.57 Å². The zero-order valence-electron chi connectivity index (χ0n) is 8.92. The highest BCUT2D eigenvalue weighted by atomic mass is 35.5. The number of hydrogen-bond acceptors (Lipinski definition) is 2. The maximum atomic E-state index is 9.89. The first kappa shape index (κ1) is 18.1. The van der Waals surface area contributed by atoms with Gasteiger partial charge in [0, 0.05) is 13.1 Å². The Morgan fingerprint density at radius 3 is 1.80 bits per heavy atom. The molecule has 0 aliphatic carbocycles. The van der Waals surface area contributed by atoms with E-state index in [1.807, 2.05) is 4.90 Å². The molecule has 0 spiro atoms. The standard InChI is InChI=1S/C5H11NS2.C2H6ClO3P/c1-3-6(4-2)5(7)8;1-2(3)7(4,5)6/h3-4H2,1-2H3,(H,7,8);2H,1H3,(H2,4,5,6). The molecular weight excluding hydrogens is 277 g/mol. The van der Waals surface area contributed by atoms with Crippen LogP contribution in [0.1, 0.15) is 20.8 Å². The molecule has 0 fully saturated rings. The summed E-state index contributed by atoms with van der Waals surface area (Å²) in [6.45, 7) is 7.29. The van der Waals surface area contributed by atoms with Crippen molar-refractivity contribution in [2.45, 2.75) is 25.9 Å². The highest BCUT2D eigenvalue weighted by molar-refractivity contribution is 8.10. The van der Waals surface area contributed by atoms with Crippen molar-refractivity contribution in [3.05, 3.63) is 0 Å².